The van der Waals surface area contributed by atoms with Gasteiger partial charge >= 0.3 is 0 Å². The molecule has 0 bridgehead atoms. The molecule has 0 amide bonds. The Morgan fingerprint density at radius 1 is 1.36 bits per heavy atom. The zero-order valence-corrected chi connectivity index (χ0v) is 8.65. The lowest BCUT2D eigenvalue weighted by Gasteiger charge is -2.04. The molecule has 1 heterocycles. The fraction of sp³-hybridized carbons (Fsp3) is 0.727. The molecule has 0 unspecified atom stereocenters. The van der Waals surface area contributed by atoms with Crippen molar-refractivity contribution in [3.8, 4) is 0 Å². The quantitative estimate of drug-likeness (QED) is 0.667. The molecule has 0 radical (unpaired) electrons. The lowest BCUT2D eigenvalue weighted by atomic mass is 10.2. The smallest absolute Gasteiger partial charge is 0.0533 e. The first-order valence-electron chi connectivity index (χ1n) is 5.63. The Labute approximate surface area is 85.5 Å². The molecule has 14 heavy (non-hydrogen) atoms. The third-order valence-corrected chi connectivity index (χ3v) is 2.74. The average Bonchev–Trinajstić information content (AvgIpc) is 2.87. The highest BCUT2D eigenvalue weighted by atomic mass is 15.3. The van der Waals surface area contributed by atoms with E-state index in [9.17, 15) is 0 Å². The van der Waals surface area contributed by atoms with Gasteiger partial charge in [0.25, 0.3) is 0 Å². The topological polar surface area (TPSA) is 29.9 Å². The van der Waals surface area contributed by atoms with Crippen molar-refractivity contribution >= 4 is 0 Å². The highest BCUT2D eigenvalue weighted by Gasteiger charge is 2.19. The Balaban J connectivity index is 1.43. The Morgan fingerprint density at radius 2 is 2.29 bits per heavy atom. The van der Waals surface area contributed by atoms with Crippen LogP contribution in [0.4, 0.5) is 0 Å². The molecular formula is C11H19N3. The van der Waals surface area contributed by atoms with Gasteiger partial charge in [-0.15, -0.1) is 0 Å². The predicted octanol–water partition coefficient (Wildman–Crippen LogP) is 1.66. The summed E-state index contributed by atoms with van der Waals surface area (Å²) in [5.41, 5.74) is 0. The summed E-state index contributed by atoms with van der Waals surface area (Å²) in [6, 6.07) is 1.97. The van der Waals surface area contributed by atoms with E-state index in [1.165, 1.54) is 25.7 Å². The van der Waals surface area contributed by atoms with E-state index < -0.39 is 0 Å². The molecule has 1 N–H and O–H groups in total. The highest BCUT2D eigenvalue weighted by Crippen LogP contribution is 2.33. The number of hydrogen-bond donors (Lipinski definition) is 1. The van der Waals surface area contributed by atoms with Crippen molar-refractivity contribution < 1.29 is 0 Å². The van der Waals surface area contributed by atoms with Gasteiger partial charge in [0.2, 0.25) is 0 Å². The van der Waals surface area contributed by atoms with Crippen LogP contribution >= 0.6 is 0 Å². The Kier molecular flexibility index (Phi) is 3.57. The summed E-state index contributed by atoms with van der Waals surface area (Å²) in [6.45, 7) is 3.18. The van der Waals surface area contributed by atoms with E-state index >= 15 is 0 Å². The van der Waals surface area contributed by atoms with Crippen LogP contribution in [0, 0.1) is 5.92 Å². The number of aromatic nitrogens is 2. The molecule has 1 aliphatic carbocycles. The van der Waals surface area contributed by atoms with E-state index in [4.69, 9.17) is 0 Å². The van der Waals surface area contributed by atoms with Crippen molar-refractivity contribution in [3.63, 3.8) is 0 Å². The molecule has 3 nitrogen and oxygen atoms in total. The maximum absolute atomic E-state index is 4.15. The first-order valence-corrected chi connectivity index (χ1v) is 5.63. The molecule has 78 valence electrons. The van der Waals surface area contributed by atoms with Gasteiger partial charge in [0.15, 0.2) is 0 Å². The van der Waals surface area contributed by atoms with Gasteiger partial charge in [-0.1, -0.05) is 12.8 Å². The standard InChI is InChI=1S/C11H19N3/c1(3-11-4-5-11)6-12-8-10-14-9-2-7-13-14/h2,7,9,11-12H,1,3-6,8,10H2. The summed E-state index contributed by atoms with van der Waals surface area (Å²) in [4.78, 5) is 0. The first kappa shape index (κ1) is 9.71. The molecule has 1 saturated carbocycles. The van der Waals surface area contributed by atoms with Crippen LogP contribution in [0.1, 0.15) is 25.7 Å². The van der Waals surface area contributed by atoms with Gasteiger partial charge in [0.05, 0.1) is 6.54 Å². The maximum Gasteiger partial charge on any atom is 0.0533 e. The second-order valence-electron chi connectivity index (χ2n) is 4.10. The molecule has 3 heteroatoms. The lowest BCUT2D eigenvalue weighted by molar-refractivity contribution is 0.533. The van der Waals surface area contributed by atoms with Crippen molar-refractivity contribution in [3.05, 3.63) is 18.5 Å². The summed E-state index contributed by atoms with van der Waals surface area (Å²) in [7, 11) is 0. The molecule has 2 rings (SSSR count). The number of rotatable bonds is 7. The van der Waals surface area contributed by atoms with Crippen LogP contribution in [-0.2, 0) is 6.54 Å². The molecule has 1 aliphatic rings. The van der Waals surface area contributed by atoms with Gasteiger partial charge in [0.1, 0.15) is 0 Å². The summed E-state index contributed by atoms with van der Waals surface area (Å²) in [5.74, 6) is 1.07. The number of nitrogens with zero attached hydrogens (tertiary/aromatic N) is 2. The van der Waals surface area contributed by atoms with Crippen molar-refractivity contribution in [1.82, 2.24) is 15.1 Å². The molecule has 0 atom stereocenters. The summed E-state index contributed by atoms with van der Waals surface area (Å²) in [5, 5.41) is 7.59. The molecular weight excluding hydrogens is 174 g/mol. The normalized spacial score (nSPS) is 16.0. The fourth-order valence-corrected chi connectivity index (χ4v) is 1.67. The van der Waals surface area contributed by atoms with Gasteiger partial charge in [-0.05, 0) is 31.4 Å². The monoisotopic (exact) mass is 193 g/mol. The van der Waals surface area contributed by atoms with Crippen molar-refractivity contribution in [1.29, 1.82) is 0 Å². The van der Waals surface area contributed by atoms with Crippen molar-refractivity contribution in [2.75, 3.05) is 13.1 Å². The van der Waals surface area contributed by atoms with E-state index in [1.54, 1.807) is 0 Å². The van der Waals surface area contributed by atoms with Crippen molar-refractivity contribution in [2.24, 2.45) is 5.92 Å². The lowest BCUT2D eigenvalue weighted by Crippen LogP contribution is -2.21. The molecule has 1 fully saturated rings. The number of hydrogen-bond acceptors (Lipinski definition) is 2. The Bertz CT molecular complexity index is 239. The fourth-order valence-electron chi connectivity index (χ4n) is 1.67. The van der Waals surface area contributed by atoms with Crippen LogP contribution in [0.2, 0.25) is 0 Å². The third-order valence-electron chi connectivity index (χ3n) is 2.74. The first-order chi connectivity index (χ1) is 6.95. The van der Waals surface area contributed by atoms with E-state index in [0.717, 1.165) is 25.6 Å². The van der Waals surface area contributed by atoms with Crippen LogP contribution in [-0.4, -0.2) is 22.9 Å². The molecule has 1 aromatic rings. The molecule has 0 aliphatic heterocycles. The van der Waals surface area contributed by atoms with Gasteiger partial charge in [-0.3, -0.25) is 4.68 Å². The Hall–Kier alpha value is -0.830. The SMILES string of the molecule is c1cnn(CCNCCCC2CC2)c1. The second-order valence-corrected chi connectivity index (χ2v) is 4.10. The average molecular weight is 193 g/mol. The second kappa shape index (κ2) is 5.15. The molecule has 1 aromatic heterocycles. The minimum absolute atomic E-state index is 0.983. The van der Waals surface area contributed by atoms with Crippen LogP contribution in [0.15, 0.2) is 18.5 Å². The maximum atomic E-state index is 4.15. The van der Waals surface area contributed by atoms with E-state index in [2.05, 4.69) is 10.4 Å². The minimum atomic E-state index is 0.983. The molecule has 0 aromatic carbocycles. The van der Waals surface area contributed by atoms with E-state index in [0.29, 0.717) is 0 Å². The zero-order valence-electron chi connectivity index (χ0n) is 8.65. The number of nitrogens with one attached hydrogen (secondary N) is 1. The van der Waals surface area contributed by atoms with Gasteiger partial charge in [-0.25, -0.2) is 0 Å². The summed E-state index contributed by atoms with van der Waals surface area (Å²) < 4.78 is 1.97. The third kappa shape index (κ3) is 3.50. The van der Waals surface area contributed by atoms with Gasteiger partial charge in [-0.2, -0.15) is 5.10 Å². The molecule has 0 saturated heterocycles. The van der Waals surface area contributed by atoms with Crippen LogP contribution in [0.3, 0.4) is 0 Å². The summed E-state index contributed by atoms with van der Waals surface area (Å²) >= 11 is 0. The van der Waals surface area contributed by atoms with E-state index in [1.807, 2.05) is 23.1 Å². The molecule has 0 spiro atoms. The van der Waals surface area contributed by atoms with Gasteiger partial charge < -0.3 is 5.32 Å². The van der Waals surface area contributed by atoms with E-state index in [-0.39, 0.29) is 0 Å². The van der Waals surface area contributed by atoms with Gasteiger partial charge in [0, 0.05) is 18.9 Å². The van der Waals surface area contributed by atoms with Crippen LogP contribution in [0.25, 0.3) is 0 Å². The largest absolute Gasteiger partial charge is 0.315 e. The minimum Gasteiger partial charge on any atom is -0.315 e. The highest BCUT2D eigenvalue weighted by molar-refractivity contribution is 4.77. The van der Waals surface area contributed by atoms with Crippen molar-refractivity contribution in [2.45, 2.75) is 32.2 Å². The Morgan fingerprint density at radius 3 is 3.00 bits per heavy atom. The van der Waals surface area contributed by atoms with Crippen LogP contribution in [0.5, 0.6) is 0 Å². The van der Waals surface area contributed by atoms with Crippen LogP contribution < -0.4 is 5.32 Å². The summed E-state index contributed by atoms with van der Waals surface area (Å²) in [6.07, 6.45) is 9.55. The predicted molar refractivity (Wildman–Crippen MR) is 57.1 cm³/mol. The zero-order chi connectivity index (χ0) is 9.64.